The number of hydrogen-bond donors (Lipinski definition) is 2. The van der Waals surface area contributed by atoms with Crippen LogP contribution in [0.25, 0.3) is 0 Å². The molecule has 0 unspecified atom stereocenters. The Kier molecular flexibility index (Phi) is 2.16. The van der Waals surface area contributed by atoms with Crippen molar-refractivity contribution in [1.82, 2.24) is 0 Å². The quantitative estimate of drug-likeness (QED) is 0.681. The summed E-state index contributed by atoms with van der Waals surface area (Å²) < 4.78 is 20.8. The highest BCUT2D eigenvalue weighted by atomic mass is 32.1. The third kappa shape index (κ3) is 2.61. The van der Waals surface area contributed by atoms with E-state index in [9.17, 15) is 5.11 Å². The number of aliphatic hydroxyl groups excluding tert-OH is 1. The Balaban J connectivity index is 2.26. The number of quaternary nitrogens is 1. The van der Waals surface area contributed by atoms with Crippen molar-refractivity contribution < 1.29 is 14.5 Å². The number of thiophene rings is 1. The van der Waals surface area contributed by atoms with E-state index >= 15 is 0 Å². The number of rotatable bonds is 4. The molecule has 1 rings (SSSR count). The van der Waals surface area contributed by atoms with Crippen LogP contribution in [0, 0.1) is 0 Å². The van der Waals surface area contributed by atoms with E-state index in [4.69, 9.17) is 4.11 Å². The van der Waals surface area contributed by atoms with Gasteiger partial charge in [-0.05, 0) is 11.4 Å². The standard InChI is InChI=1S/C8H13NOS/c1-9-5-4-7(10)8-3-2-6-11-8/h2-3,6-7,9-10H,4-5H2,1H3/p+1/t7-/m0/s1/i1D3. The van der Waals surface area contributed by atoms with E-state index in [0.717, 1.165) is 4.88 Å². The topological polar surface area (TPSA) is 36.8 Å². The highest BCUT2D eigenvalue weighted by molar-refractivity contribution is 7.10. The normalized spacial score (nSPS) is 18.5. The van der Waals surface area contributed by atoms with Gasteiger partial charge in [0.05, 0.1) is 23.7 Å². The fraction of sp³-hybridized carbons (Fsp3) is 0.500. The molecule has 0 saturated carbocycles. The highest BCUT2D eigenvalue weighted by Crippen LogP contribution is 2.20. The molecular formula is C8H14NOS+. The van der Waals surface area contributed by atoms with Gasteiger partial charge in [-0.2, -0.15) is 0 Å². The van der Waals surface area contributed by atoms with Crippen LogP contribution in [0.1, 0.15) is 21.5 Å². The van der Waals surface area contributed by atoms with Crippen molar-refractivity contribution >= 4 is 11.3 Å². The smallest absolute Gasteiger partial charge is 0.0935 e. The van der Waals surface area contributed by atoms with Gasteiger partial charge in [-0.15, -0.1) is 11.3 Å². The Hall–Kier alpha value is -0.380. The van der Waals surface area contributed by atoms with E-state index in [-0.39, 0.29) is 0 Å². The zero-order chi connectivity index (χ0) is 10.6. The number of hydrogen-bond acceptors (Lipinski definition) is 2. The molecule has 0 spiro atoms. The Labute approximate surface area is 75.1 Å². The summed E-state index contributed by atoms with van der Waals surface area (Å²) in [4.78, 5) is 0.893. The van der Waals surface area contributed by atoms with E-state index < -0.39 is 13.1 Å². The van der Waals surface area contributed by atoms with Crippen LogP contribution < -0.4 is 5.32 Å². The van der Waals surface area contributed by atoms with Crippen molar-refractivity contribution in [3.63, 3.8) is 0 Å². The molecule has 1 aromatic heterocycles. The minimum atomic E-state index is -1.99. The first kappa shape index (κ1) is 5.30. The summed E-state index contributed by atoms with van der Waals surface area (Å²) >= 11 is 1.48. The Bertz CT molecular complexity index is 260. The van der Waals surface area contributed by atoms with Crippen molar-refractivity contribution in [3.05, 3.63) is 22.4 Å². The molecule has 11 heavy (non-hydrogen) atoms. The van der Waals surface area contributed by atoms with Gasteiger partial charge in [0.25, 0.3) is 0 Å². The maximum Gasteiger partial charge on any atom is 0.0935 e. The van der Waals surface area contributed by atoms with Gasteiger partial charge in [0.2, 0.25) is 0 Å². The molecule has 0 aromatic carbocycles. The molecule has 62 valence electrons. The zero-order valence-corrected chi connectivity index (χ0v) is 6.97. The molecule has 0 radical (unpaired) electrons. The molecule has 0 saturated heterocycles. The van der Waals surface area contributed by atoms with E-state index in [2.05, 4.69) is 0 Å². The summed E-state index contributed by atoms with van der Waals surface area (Å²) in [5.74, 6) is 0. The predicted octanol–water partition coefficient (Wildman–Crippen LogP) is 0.365. The van der Waals surface area contributed by atoms with Crippen LogP contribution >= 0.6 is 11.3 Å². The van der Waals surface area contributed by atoms with Gasteiger partial charge in [0.1, 0.15) is 0 Å². The average Bonchev–Trinajstić information content (AvgIpc) is 2.53. The molecule has 1 aromatic rings. The molecule has 0 bridgehead atoms. The van der Waals surface area contributed by atoms with Crippen molar-refractivity contribution in [1.29, 1.82) is 0 Å². The lowest BCUT2D eigenvalue weighted by Crippen LogP contribution is -2.79. The van der Waals surface area contributed by atoms with Crippen LogP contribution in [0.3, 0.4) is 0 Å². The lowest BCUT2D eigenvalue weighted by Gasteiger charge is -2.04. The van der Waals surface area contributed by atoms with Gasteiger partial charge in [-0.3, -0.25) is 0 Å². The summed E-state index contributed by atoms with van der Waals surface area (Å²) in [6.45, 7) is -1.58. The minimum Gasteiger partial charge on any atom is -0.387 e. The first-order chi connectivity index (χ1) is 6.49. The third-order valence-electron chi connectivity index (χ3n) is 1.46. The summed E-state index contributed by atoms with van der Waals surface area (Å²) in [5.41, 5.74) is 0. The second-order valence-corrected chi connectivity index (χ2v) is 3.29. The van der Waals surface area contributed by atoms with Gasteiger partial charge < -0.3 is 10.4 Å². The molecule has 0 fully saturated rings. The molecule has 2 nitrogen and oxygen atoms in total. The van der Waals surface area contributed by atoms with Crippen molar-refractivity contribution in [2.75, 3.05) is 13.5 Å². The molecule has 0 aliphatic heterocycles. The Morgan fingerprint density at radius 2 is 2.82 bits per heavy atom. The largest absolute Gasteiger partial charge is 0.387 e. The molecule has 1 atom stereocenters. The second kappa shape index (κ2) is 4.49. The van der Waals surface area contributed by atoms with Gasteiger partial charge in [0.15, 0.2) is 0 Å². The van der Waals surface area contributed by atoms with E-state index in [1.165, 1.54) is 16.7 Å². The summed E-state index contributed by atoms with van der Waals surface area (Å²) in [6, 6.07) is 3.72. The van der Waals surface area contributed by atoms with Crippen LogP contribution in [0.15, 0.2) is 17.5 Å². The molecule has 0 aliphatic carbocycles. The molecule has 3 N–H and O–H groups in total. The number of nitrogens with two attached hydrogens (primary N) is 1. The van der Waals surface area contributed by atoms with Crippen molar-refractivity contribution in [3.8, 4) is 0 Å². The van der Waals surface area contributed by atoms with Gasteiger partial charge in [0, 0.05) is 11.3 Å². The number of aliphatic hydroxyl groups is 1. The van der Waals surface area contributed by atoms with Crippen molar-refractivity contribution in [2.24, 2.45) is 0 Å². The SMILES string of the molecule is [2H]C([2H])([2H])[NH2+]CC[C@H](O)c1cccs1. The molecule has 0 amide bonds. The van der Waals surface area contributed by atoms with E-state index in [0.29, 0.717) is 13.0 Å². The van der Waals surface area contributed by atoms with Crippen LogP contribution in [0.2, 0.25) is 0 Å². The third-order valence-corrected chi connectivity index (χ3v) is 2.43. The van der Waals surface area contributed by atoms with Crippen LogP contribution in [-0.2, 0) is 0 Å². The first-order valence-electron chi connectivity index (χ1n) is 5.05. The van der Waals surface area contributed by atoms with Gasteiger partial charge in [-0.25, -0.2) is 0 Å². The van der Waals surface area contributed by atoms with Crippen LogP contribution in [0.4, 0.5) is 0 Å². The zero-order valence-electron chi connectivity index (χ0n) is 9.16. The Morgan fingerprint density at radius 1 is 1.91 bits per heavy atom. The summed E-state index contributed by atoms with van der Waals surface area (Å²) in [7, 11) is 0. The average molecular weight is 175 g/mol. The van der Waals surface area contributed by atoms with Gasteiger partial charge in [-0.1, -0.05) is 6.07 Å². The molecule has 0 aliphatic rings. The fourth-order valence-corrected chi connectivity index (χ4v) is 1.61. The van der Waals surface area contributed by atoms with Crippen LogP contribution in [0.5, 0.6) is 0 Å². The lowest BCUT2D eigenvalue weighted by molar-refractivity contribution is -0.628. The van der Waals surface area contributed by atoms with Gasteiger partial charge >= 0.3 is 0 Å². The Morgan fingerprint density at radius 3 is 3.45 bits per heavy atom. The van der Waals surface area contributed by atoms with Crippen LogP contribution in [-0.4, -0.2) is 18.6 Å². The molecule has 3 heteroatoms. The predicted molar refractivity (Wildman–Crippen MR) is 46.6 cm³/mol. The highest BCUT2D eigenvalue weighted by Gasteiger charge is 2.07. The molecular weight excluding hydrogens is 158 g/mol. The molecule has 1 heterocycles. The first-order valence-corrected chi connectivity index (χ1v) is 4.43. The lowest BCUT2D eigenvalue weighted by atomic mass is 10.2. The van der Waals surface area contributed by atoms with Crippen molar-refractivity contribution in [2.45, 2.75) is 12.5 Å². The maximum atomic E-state index is 9.61. The minimum absolute atomic E-state index is 0.412. The fourth-order valence-electron chi connectivity index (χ4n) is 0.864. The second-order valence-electron chi connectivity index (χ2n) is 2.31. The van der Waals surface area contributed by atoms with E-state index in [1.54, 1.807) is 0 Å². The summed E-state index contributed by atoms with van der Waals surface area (Å²) in [5, 5.41) is 12.8. The summed E-state index contributed by atoms with van der Waals surface area (Å²) in [6.07, 6.45) is -0.0626. The van der Waals surface area contributed by atoms with E-state index in [1.807, 2.05) is 17.5 Å². The monoisotopic (exact) mass is 175 g/mol. The maximum absolute atomic E-state index is 9.61.